The fraction of sp³-hybridized carbons (Fsp3) is 0.276. The summed E-state index contributed by atoms with van der Waals surface area (Å²) < 4.78 is 16.3. The van der Waals surface area contributed by atoms with E-state index in [0.717, 1.165) is 53.4 Å². The van der Waals surface area contributed by atoms with Gasteiger partial charge in [-0.05, 0) is 55.7 Å². The Hall–Kier alpha value is -4.73. The molecule has 0 radical (unpaired) electrons. The summed E-state index contributed by atoms with van der Waals surface area (Å²) in [6.07, 6.45) is 6.06. The Labute approximate surface area is 226 Å². The van der Waals surface area contributed by atoms with Gasteiger partial charge in [-0.3, -0.25) is 4.79 Å². The molecule has 2 aromatic carbocycles. The minimum Gasteiger partial charge on any atom is -0.491 e. The Bertz CT molecular complexity index is 1440. The third-order valence-electron chi connectivity index (χ3n) is 6.11. The molecule has 0 fully saturated rings. The zero-order valence-corrected chi connectivity index (χ0v) is 22.0. The molecule has 0 aliphatic carbocycles. The maximum Gasteiger partial charge on any atom is 0.410 e. The number of nitrogens with one attached hydrogen (secondary N) is 1. The molecule has 2 aromatic heterocycles. The van der Waals surface area contributed by atoms with Crippen molar-refractivity contribution in [3.63, 3.8) is 0 Å². The highest BCUT2D eigenvalue weighted by atomic mass is 16.5. The quantitative estimate of drug-likeness (QED) is 0.232. The number of pyridine rings is 1. The number of unbranched alkanes of at least 4 members (excludes halogenated alkanes) is 3. The Morgan fingerprint density at radius 1 is 0.923 bits per heavy atom. The summed E-state index contributed by atoms with van der Waals surface area (Å²) in [6.45, 7) is 2.47. The first-order valence-corrected chi connectivity index (χ1v) is 12.7. The first-order chi connectivity index (χ1) is 18.9. The standard InChI is InChI=1S/C29H31N5O5/c1-19-22-15-21(20-12-13-27(37-2)31-17-20)16-25(28(22)33-18-32-19)38-14-8-4-3-5-11-26(35)34-23-9-6-7-10-24(23)39-29(30)36/h6-7,9-10,12-13,15-18H,3-5,8,11,14H2,1-2H3,(H2,30,36)(H,34,35). The second-order valence-electron chi connectivity index (χ2n) is 8.90. The number of hydrogen-bond donors (Lipinski definition) is 2. The molecule has 2 amide bonds. The number of aromatic nitrogens is 3. The number of rotatable bonds is 12. The molecule has 0 saturated heterocycles. The van der Waals surface area contributed by atoms with E-state index in [4.69, 9.17) is 19.9 Å². The van der Waals surface area contributed by atoms with Gasteiger partial charge in [0.2, 0.25) is 11.8 Å². The number of carbonyl (C=O) groups excluding carboxylic acids is 2. The van der Waals surface area contributed by atoms with E-state index < -0.39 is 6.09 Å². The van der Waals surface area contributed by atoms with Crippen LogP contribution in [-0.4, -0.2) is 40.7 Å². The average molecular weight is 530 g/mol. The lowest BCUT2D eigenvalue weighted by molar-refractivity contribution is -0.116. The number of para-hydroxylation sites is 2. The number of methoxy groups -OCH3 is 1. The van der Waals surface area contributed by atoms with Crippen molar-refractivity contribution in [2.75, 3.05) is 19.0 Å². The normalized spacial score (nSPS) is 10.7. The Kier molecular flexibility index (Phi) is 9.23. The Balaban J connectivity index is 1.28. The molecular weight excluding hydrogens is 498 g/mol. The SMILES string of the molecule is COc1ccc(-c2cc(OCCCCCCC(=O)Nc3ccccc3OC(N)=O)c3ncnc(C)c3c2)cn1. The van der Waals surface area contributed by atoms with Crippen LogP contribution in [0.5, 0.6) is 17.4 Å². The highest BCUT2D eigenvalue weighted by molar-refractivity contribution is 5.93. The molecule has 2 heterocycles. The van der Waals surface area contributed by atoms with E-state index in [9.17, 15) is 9.59 Å². The lowest BCUT2D eigenvalue weighted by Gasteiger charge is -2.13. The van der Waals surface area contributed by atoms with Gasteiger partial charge in [0, 0.05) is 35.3 Å². The molecule has 10 heteroatoms. The number of anilines is 1. The summed E-state index contributed by atoms with van der Waals surface area (Å²) in [6, 6.07) is 14.5. The van der Waals surface area contributed by atoms with Crippen molar-refractivity contribution >= 4 is 28.6 Å². The molecule has 4 rings (SSSR count). The molecular formula is C29H31N5O5. The van der Waals surface area contributed by atoms with E-state index >= 15 is 0 Å². The molecule has 39 heavy (non-hydrogen) atoms. The summed E-state index contributed by atoms with van der Waals surface area (Å²) in [5.74, 6) is 1.31. The highest BCUT2D eigenvalue weighted by Crippen LogP contribution is 2.33. The first kappa shape index (κ1) is 27.3. The topological polar surface area (TPSA) is 139 Å². The summed E-state index contributed by atoms with van der Waals surface area (Å²) in [5.41, 5.74) is 9.03. The van der Waals surface area contributed by atoms with Crippen molar-refractivity contribution in [3.05, 3.63) is 66.7 Å². The second kappa shape index (κ2) is 13.2. The van der Waals surface area contributed by atoms with Gasteiger partial charge >= 0.3 is 6.09 Å². The number of benzene rings is 2. The zero-order valence-electron chi connectivity index (χ0n) is 22.0. The Morgan fingerprint density at radius 2 is 1.74 bits per heavy atom. The van der Waals surface area contributed by atoms with E-state index in [1.807, 2.05) is 31.2 Å². The van der Waals surface area contributed by atoms with Gasteiger partial charge in [-0.25, -0.2) is 19.7 Å². The van der Waals surface area contributed by atoms with Gasteiger partial charge in [0.25, 0.3) is 0 Å². The molecule has 0 spiro atoms. The van der Waals surface area contributed by atoms with Gasteiger partial charge in [0.15, 0.2) is 5.75 Å². The van der Waals surface area contributed by atoms with Gasteiger partial charge in [-0.2, -0.15) is 0 Å². The van der Waals surface area contributed by atoms with Crippen LogP contribution in [0.2, 0.25) is 0 Å². The van der Waals surface area contributed by atoms with E-state index in [-0.39, 0.29) is 11.7 Å². The van der Waals surface area contributed by atoms with E-state index in [0.29, 0.717) is 30.3 Å². The Morgan fingerprint density at radius 3 is 2.51 bits per heavy atom. The number of amides is 2. The molecule has 0 unspecified atom stereocenters. The number of primary amides is 1. The molecule has 10 nitrogen and oxygen atoms in total. The first-order valence-electron chi connectivity index (χ1n) is 12.7. The number of ether oxygens (including phenoxy) is 3. The van der Waals surface area contributed by atoms with Crippen LogP contribution in [0.15, 0.2) is 61.1 Å². The fourth-order valence-corrected chi connectivity index (χ4v) is 4.11. The monoisotopic (exact) mass is 529 g/mol. The van der Waals surface area contributed by atoms with Crippen LogP contribution in [0.25, 0.3) is 22.0 Å². The molecule has 0 atom stereocenters. The fourth-order valence-electron chi connectivity index (χ4n) is 4.11. The van der Waals surface area contributed by atoms with Crippen LogP contribution < -0.4 is 25.3 Å². The zero-order chi connectivity index (χ0) is 27.6. The molecule has 0 bridgehead atoms. The molecule has 202 valence electrons. The van der Waals surface area contributed by atoms with Crippen molar-refractivity contribution in [3.8, 4) is 28.5 Å². The van der Waals surface area contributed by atoms with E-state index in [1.165, 1.54) is 0 Å². The van der Waals surface area contributed by atoms with Crippen molar-refractivity contribution in [2.24, 2.45) is 5.73 Å². The van der Waals surface area contributed by atoms with E-state index in [1.54, 1.807) is 43.9 Å². The van der Waals surface area contributed by atoms with Gasteiger partial charge in [-0.1, -0.05) is 25.0 Å². The molecule has 0 aliphatic rings. The predicted octanol–water partition coefficient (Wildman–Crippen LogP) is 5.43. The van der Waals surface area contributed by atoms with Crippen LogP contribution in [0.4, 0.5) is 10.5 Å². The lowest BCUT2D eigenvalue weighted by atomic mass is 10.0. The van der Waals surface area contributed by atoms with Gasteiger partial charge in [0.05, 0.1) is 19.4 Å². The summed E-state index contributed by atoms with van der Waals surface area (Å²) in [7, 11) is 1.59. The van der Waals surface area contributed by atoms with Crippen LogP contribution >= 0.6 is 0 Å². The third kappa shape index (κ3) is 7.41. The maximum atomic E-state index is 12.3. The molecule has 0 saturated carbocycles. The van der Waals surface area contributed by atoms with Gasteiger partial charge in [0.1, 0.15) is 17.6 Å². The smallest absolute Gasteiger partial charge is 0.410 e. The van der Waals surface area contributed by atoms with Crippen LogP contribution in [0, 0.1) is 6.92 Å². The third-order valence-corrected chi connectivity index (χ3v) is 6.11. The van der Waals surface area contributed by atoms with Crippen molar-refractivity contribution in [1.82, 2.24) is 15.0 Å². The number of carbonyl (C=O) groups is 2. The number of nitrogens with two attached hydrogens (primary N) is 1. The number of nitrogens with zero attached hydrogens (tertiary/aromatic N) is 3. The van der Waals surface area contributed by atoms with E-state index in [2.05, 4.69) is 20.3 Å². The van der Waals surface area contributed by atoms with Crippen molar-refractivity contribution in [1.29, 1.82) is 0 Å². The average Bonchev–Trinajstić information content (AvgIpc) is 2.93. The summed E-state index contributed by atoms with van der Waals surface area (Å²) in [4.78, 5) is 36.5. The van der Waals surface area contributed by atoms with Crippen LogP contribution in [-0.2, 0) is 4.79 Å². The van der Waals surface area contributed by atoms with Crippen LogP contribution in [0.3, 0.4) is 0 Å². The minimum atomic E-state index is -0.932. The number of hydrogen-bond acceptors (Lipinski definition) is 8. The lowest BCUT2D eigenvalue weighted by Crippen LogP contribution is -2.18. The second-order valence-corrected chi connectivity index (χ2v) is 8.90. The molecule has 4 aromatic rings. The van der Waals surface area contributed by atoms with Crippen molar-refractivity contribution < 1.29 is 23.8 Å². The maximum absolute atomic E-state index is 12.3. The number of aryl methyl sites for hydroxylation is 1. The largest absolute Gasteiger partial charge is 0.491 e. The highest BCUT2D eigenvalue weighted by Gasteiger charge is 2.12. The van der Waals surface area contributed by atoms with Crippen LogP contribution in [0.1, 0.15) is 37.8 Å². The van der Waals surface area contributed by atoms with Crippen molar-refractivity contribution in [2.45, 2.75) is 39.0 Å². The summed E-state index contributed by atoms with van der Waals surface area (Å²) >= 11 is 0. The minimum absolute atomic E-state index is 0.155. The predicted molar refractivity (Wildman–Crippen MR) is 148 cm³/mol. The number of fused-ring (bicyclic) bond motifs is 1. The molecule has 3 N–H and O–H groups in total. The van der Waals surface area contributed by atoms with Gasteiger partial charge < -0.3 is 25.3 Å². The van der Waals surface area contributed by atoms with Gasteiger partial charge in [-0.15, -0.1) is 0 Å². The summed E-state index contributed by atoms with van der Waals surface area (Å²) in [5, 5.41) is 3.69. The molecule has 0 aliphatic heterocycles.